The molecule has 1 aliphatic carbocycles. The van der Waals surface area contributed by atoms with Crippen molar-refractivity contribution >= 4 is 27.3 Å². The lowest BCUT2D eigenvalue weighted by Crippen LogP contribution is -2.40. The maximum absolute atomic E-state index is 11.3. The first-order valence-electron chi connectivity index (χ1n) is 7.03. The topological polar surface area (TPSA) is 72.4 Å². The zero-order valence-electron chi connectivity index (χ0n) is 11.2. The van der Waals surface area contributed by atoms with Gasteiger partial charge in [-0.05, 0) is 44.0 Å². The van der Waals surface area contributed by atoms with Crippen molar-refractivity contribution in [1.29, 1.82) is 0 Å². The molecule has 3 rings (SSSR count). The molecule has 0 bridgehead atoms. The molecule has 2 N–H and O–H groups in total. The summed E-state index contributed by atoms with van der Waals surface area (Å²) in [6.45, 7) is 2.17. The number of alkyl halides is 1. The number of nitrogens with zero attached hydrogens (tertiary/aromatic N) is 2. The summed E-state index contributed by atoms with van der Waals surface area (Å²) in [5, 5.41) is 11.3. The fourth-order valence-corrected chi connectivity index (χ4v) is 4.39. The third kappa shape index (κ3) is 2.20. The molecule has 6 heteroatoms. The van der Waals surface area contributed by atoms with Crippen molar-refractivity contribution in [2.45, 2.75) is 36.6 Å². The molecule has 1 aromatic rings. The molecule has 20 heavy (non-hydrogen) atoms. The average Bonchev–Trinajstić information content (AvgIpc) is 2.76. The maximum Gasteiger partial charge on any atom is 0.295 e. The smallest absolute Gasteiger partial charge is 0.295 e. The van der Waals surface area contributed by atoms with E-state index in [1.165, 1.54) is 19.3 Å². The molecule has 1 aliphatic heterocycles. The van der Waals surface area contributed by atoms with E-state index in [0.29, 0.717) is 12.5 Å². The van der Waals surface area contributed by atoms with E-state index in [2.05, 4.69) is 20.8 Å². The lowest BCUT2D eigenvalue weighted by Gasteiger charge is -2.34. The Hall–Kier alpha value is -1.14. The number of hydrogen-bond donors (Lipinski definition) is 1. The highest BCUT2D eigenvalue weighted by Crippen LogP contribution is 2.46. The van der Waals surface area contributed by atoms with Gasteiger partial charge in [0, 0.05) is 11.6 Å². The number of fused-ring (bicyclic) bond motifs is 1. The first-order chi connectivity index (χ1) is 9.59. The van der Waals surface area contributed by atoms with Crippen LogP contribution in [0.2, 0.25) is 0 Å². The van der Waals surface area contributed by atoms with Gasteiger partial charge >= 0.3 is 0 Å². The number of anilines is 1. The lowest BCUT2D eigenvalue weighted by atomic mass is 10.1. The van der Waals surface area contributed by atoms with Gasteiger partial charge in [-0.2, -0.15) is 0 Å². The average molecular weight is 340 g/mol. The number of nitro groups is 1. The van der Waals surface area contributed by atoms with Gasteiger partial charge in [-0.3, -0.25) is 15.0 Å². The largest absolute Gasteiger partial charge is 0.393 e. The number of likely N-dealkylation sites (tertiary alicyclic amines) is 1. The molecule has 5 nitrogen and oxygen atoms in total. The van der Waals surface area contributed by atoms with E-state index < -0.39 is 0 Å². The molecule has 1 saturated heterocycles. The van der Waals surface area contributed by atoms with Gasteiger partial charge in [0.1, 0.15) is 5.69 Å². The minimum atomic E-state index is -0.341. The van der Waals surface area contributed by atoms with Crippen LogP contribution in [0, 0.1) is 10.1 Å². The Kier molecular flexibility index (Phi) is 3.69. The van der Waals surface area contributed by atoms with Crippen LogP contribution in [0.1, 0.15) is 35.2 Å². The number of halogens is 1. The minimum Gasteiger partial charge on any atom is -0.393 e. The molecule has 0 radical (unpaired) electrons. The van der Waals surface area contributed by atoms with Crippen molar-refractivity contribution < 1.29 is 4.92 Å². The van der Waals surface area contributed by atoms with Gasteiger partial charge in [-0.15, -0.1) is 0 Å². The number of rotatable bonds is 2. The summed E-state index contributed by atoms with van der Waals surface area (Å²) in [7, 11) is 0. The summed E-state index contributed by atoms with van der Waals surface area (Å²) >= 11 is 3.74. The van der Waals surface area contributed by atoms with Crippen LogP contribution in [-0.2, 0) is 6.42 Å². The highest BCUT2D eigenvalue weighted by atomic mass is 79.9. The first-order valence-corrected chi connectivity index (χ1v) is 7.95. The van der Waals surface area contributed by atoms with Crippen LogP contribution in [-0.4, -0.2) is 29.0 Å². The van der Waals surface area contributed by atoms with Crippen LogP contribution in [0.25, 0.3) is 0 Å². The fraction of sp³-hybridized carbons (Fsp3) is 0.571. The van der Waals surface area contributed by atoms with Gasteiger partial charge in [-0.25, -0.2) is 0 Å². The summed E-state index contributed by atoms with van der Waals surface area (Å²) < 4.78 is 0. The Balaban J connectivity index is 1.95. The Morgan fingerprint density at radius 3 is 2.65 bits per heavy atom. The molecule has 0 spiro atoms. The van der Waals surface area contributed by atoms with Crippen molar-refractivity contribution in [3.05, 3.63) is 33.4 Å². The number of nitrogen functional groups attached to an aromatic ring is 1. The van der Waals surface area contributed by atoms with E-state index in [4.69, 9.17) is 5.73 Å². The van der Waals surface area contributed by atoms with Crippen LogP contribution < -0.4 is 5.73 Å². The zero-order valence-corrected chi connectivity index (χ0v) is 12.8. The van der Waals surface area contributed by atoms with E-state index in [1.807, 2.05) is 6.07 Å². The van der Waals surface area contributed by atoms with Gasteiger partial charge in [0.2, 0.25) is 0 Å². The van der Waals surface area contributed by atoms with Gasteiger partial charge in [-0.1, -0.05) is 28.4 Å². The Labute approximate surface area is 126 Å². The summed E-state index contributed by atoms with van der Waals surface area (Å²) in [4.78, 5) is 13.6. The molecule has 1 heterocycles. The van der Waals surface area contributed by atoms with Crippen LogP contribution in [0.15, 0.2) is 12.1 Å². The number of nitrogens with two attached hydrogens (primary N) is 1. The number of benzene rings is 1. The summed E-state index contributed by atoms with van der Waals surface area (Å²) in [5.41, 5.74) is 8.01. The third-order valence-corrected chi connectivity index (χ3v) is 5.54. The molecule has 2 aliphatic rings. The van der Waals surface area contributed by atoms with Gasteiger partial charge in [0.25, 0.3) is 5.69 Å². The molecule has 0 saturated carbocycles. The van der Waals surface area contributed by atoms with E-state index >= 15 is 0 Å². The van der Waals surface area contributed by atoms with E-state index in [-0.39, 0.29) is 21.1 Å². The van der Waals surface area contributed by atoms with E-state index in [9.17, 15) is 10.1 Å². The molecule has 1 aromatic carbocycles. The molecule has 0 amide bonds. The van der Waals surface area contributed by atoms with E-state index in [0.717, 1.165) is 24.2 Å². The number of hydrogen-bond acceptors (Lipinski definition) is 4. The molecule has 0 aromatic heterocycles. The third-order valence-electron chi connectivity index (χ3n) is 4.44. The maximum atomic E-state index is 11.3. The Morgan fingerprint density at radius 2 is 2.00 bits per heavy atom. The van der Waals surface area contributed by atoms with Gasteiger partial charge in [0.15, 0.2) is 0 Å². The van der Waals surface area contributed by atoms with Gasteiger partial charge < -0.3 is 5.73 Å². The van der Waals surface area contributed by atoms with Gasteiger partial charge in [0.05, 0.1) is 9.75 Å². The van der Waals surface area contributed by atoms with E-state index in [1.54, 1.807) is 6.07 Å². The fourth-order valence-electron chi connectivity index (χ4n) is 3.44. The second kappa shape index (κ2) is 5.33. The zero-order chi connectivity index (χ0) is 14.3. The molecule has 1 fully saturated rings. The minimum absolute atomic E-state index is 0.103. The van der Waals surface area contributed by atoms with Crippen molar-refractivity contribution in [2.75, 3.05) is 18.8 Å². The van der Waals surface area contributed by atoms with Crippen molar-refractivity contribution in [3.8, 4) is 0 Å². The molecule has 108 valence electrons. The molecular weight excluding hydrogens is 322 g/mol. The predicted molar refractivity (Wildman–Crippen MR) is 82.1 cm³/mol. The monoisotopic (exact) mass is 339 g/mol. The van der Waals surface area contributed by atoms with Crippen molar-refractivity contribution in [1.82, 2.24) is 4.90 Å². The predicted octanol–water partition coefficient (Wildman–Crippen LogP) is 3.02. The summed E-state index contributed by atoms with van der Waals surface area (Å²) in [6.07, 6.45) is 4.44. The van der Waals surface area contributed by atoms with Crippen molar-refractivity contribution in [3.63, 3.8) is 0 Å². The lowest BCUT2D eigenvalue weighted by molar-refractivity contribution is -0.384. The first kappa shape index (κ1) is 13.8. The Bertz CT molecular complexity index is 543. The van der Waals surface area contributed by atoms with Crippen molar-refractivity contribution in [2.24, 2.45) is 0 Å². The summed E-state index contributed by atoms with van der Waals surface area (Å²) in [6, 6.07) is 3.90. The molecule has 2 atom stereocenters. The quantitative estimate of drug-likeness (QED) is 0.389. The molecular formula is C14H18BrN3O2. The van der Waals surface area contributed by atoms with Crippen LogP contribution in [0.4, 0.5) is 11.4 Å². The number of piperidine rings is 1. The summed E-state index contributed by atoms with van der Waals surface area (Å²) in [5.74, 6) is 0. The second-order valence-electron chi connectivity index (χ2n) is 5.60. The van der Waals surface area contributed by atoms with Crippen LogP contribution in [0.5, 0.6) is 0 Å². The normalized spacial score (nSPS) is 26.4. The van der Waals surface area contributed by atoms with Crippen LogP contribution >= 0.6 is 15.9 Å². The van der Waals surface area contributed by atoms with Crippen LogP contribution in [0.3, 0.4) is 0 Å². The number of nitro benzene ring substituents is 1. The SMILES string of the molecule is Nc1ccc2c(c1[N+](=O)[O-])CC(N1CCCCC1)C2Br. The molecule has 2 unspecified atom stereocenters. The highest BCUT2D eigenvalue weighted by Gasteiger charge is 2.39. The Morgan fingerprint density at radius 1 is 1.30 bits per heavy atom. The standard InChI is InChI=1S/C14H18BrN3O2/c15-13-9-4-5-11(16)14(18(19)20)10(9)8-12(13)17-6-2-1-3-7-17/h4-5,12-13H,1-3,6-8,16H2. The second-order valence-corrected chi connectivity index (χ2v) is 6.58. The highest BCUT2D eigenvalue weighted by molar-refractivity contribution is 9.09.